The van der Waals surface area contributed by atoms with Gasteiger partial charge in [-0.1, -0.05) is 13.0 Å². The van der Waals surface area contributed by atoms with E-state index in [1.807, 2.05) is 6.92 Å². The number of aromatic nitrogens is 1. The molecule has 0 saturated carbocycles. The van der Waals surface area contributed by atoms with Gasteiger partial charge in [-0.3, -0.25) is 4.79 Å². The second-order valence-corrected chi connectivity index (χ2v) is 2.98. The summed E-state index contributed by atoms with van der Waals surface area (Å²) in [6.45, 7) is 1.94. The number of carbonyl (C=O) groups excluding carboxylic acids is 1. The summed E-state index contributed by atoms with van der Waals surface area (Å²) in [6.07, 6.45) is 0.701. The van der Waals surface area contributed by atoms with Gasteiger partial charge in [-0.05, 0) is 12.1 Å². The zero-order chi connectivity index (χ0) is 10.1. The van der Waals surface area contributed by atoms with Crippen LogP contribution in [0.5, 0.6) is 0 Å². The van der Waals surface area contributed by atoms with Crippen LogP contribution in [0.4, 0.5) is 0 Å². The van der Waals surface area contributed by atoms with Crippen molar-refractivity contribution >= 4 is 17.0 Å². The van der Waals surface area contributed by atoms with Gasteiger partial charge in [0, 0.05) is 6.42 Å². The Labute approximate surface area is 80.7 Å². The summed E-state index contributed by atoms with van der Waals surface area (Å²) < 4.78 is 5.40. The molecule has 1 aromatic carbocycles. The lowest BCUT2D eigenvalue weighted by atomic mass is 10.2. The Morgan fingerprint density at radius 1 is 1.57 bits per heavy atom. The Balaban J connectivity index is 2.73. The number of aryl methyl sites for hydroxylation is 1. The van der Waals surface area contributed by atoms with Gasteiger partial charge in [-0.25, -0.2) is 4.98 Å². The minimum absolute atomic E-state index is 0.384. The van der Waals surface area contributed by atoms with Crippen molar-refractivity contribution in [1.82, 2.24) is 4.98 Å². The van der Waals surface area contributed by atoms with E-state index < -0.39 is 5.91 Å². The van der Waals surface area contributed by atoms with Crippen LogP contribution in [-0.4, -0.2) is 10.9 Å². The van der Waals surface area contributed by atoms with E-state index in [1.54, 1.807) is 18.2 Å². The molecule has 1 amide bonds. The molecule has 0 bridgehead atoms. The minimum Gasteiger partial charge on any atom is -0.440 e. The van der Waals surface area contributed by atoms with Crippen molar-refractivity contribution in [3.05, 3.63) is 29.7 Å². The number of rotatable bonds is 2. The van der Waals surface area contributed by atoms with E-state index in [-0.39, 0.29) is 0 Å². The molecule has 0 radical (unpaired) electrons. The van der Waals surface area contributed by atoms with E-state index in [4.69, 9.17) is 10.2 Å². The summed E-state index contributed by atoms with van der Waals surface area (Å²) in [6, 6.07) is 5.17. The first-order valence-electron chi connectivity index (χ1n) is 4.40. The third kappa shape index (κ3) is 1.25. The lowest BCUT2D eigenvalue weighted by Crippen LogP contribution is -2.10. The van der Waals surface area contributed by atoms with E-state index >= 15 is 0 Å². The Bertz CT molecular complexity index is 488. The van der Waals surface area contributed by atoms with Crippen molar-refractivity contribution in [2.75, 3.05) is 0 Å². The fraction of sp³-hybridized carbons (Fsp3) is 0.200. The molecule has 4 heteroatoms. The highest BCUT2D eigenvalue weighted by molar-refractivity contribution is 6.03. The molecule has 2 rings (SSSR count). The summed E-state index contributed by atoms with van der Waals surface area (Å²) in [5.41, 5.74) is 6.75. The summed E-state index contributed by atoms with van der Waals surface area (Å²) in [5, 5.41) is 0. The average Bonchev–Trinajstić information content (AvgIpc) is 2.59. The second-order valence-electron chi connectivity index (χ2n) is 2.98. The maximum Gasteiger partial charge on any atom is 0.252 e. The molecule has 0 spiro atoms. The highest BCUT2D eigenvalue weighted by Crippen LogP contribution is 2.19. The lowest BCUT2D eigenvalue weighted by Gasteiger charge is -1.93. The van der Waals surface area contributed by atoms with Crippen molar-refractivity contribution in [3.63, 3.8) is 0 Å². The summed E-state index contributed by atoms with van der Waals surface area (Å²) in [4.78, 5) is 15.2. The molecule has 0 fully saturated rings. The van der Waals surface area contributed by atoms with Crippen molar-refractivity contribution in [2.45, 2.75) is 13.3 Å². The molecule has 0 aliphatic heterocycles. The molecule has 0 atom stereocenters. The minimum atomic E-state index is -0.491. The van der Waals surface area contributed by atoms with Crippen LogP contribution < -0.4 is 5.73 Å². The average molecular weight is 190 g/mol. The van der Waals surface area contributed by atoms with E-state index in [1.165, 1.54) is 0 Å². The van der Waals surface area contributed by atoms with Crippen LogP contribution >= 0.6 is 0 Å². The van der Waals surface area contributed by atoms with E-state index in [0.717, 1.165) is 0 Å². The zero-order valence-electron chi connectivity index (χ0n) is 7.78. The summed E-state index contributed by atoms with van der Waals surface area (Å²) in [5.74, 6) is 0.128. The van der Waals surface area contributed by atoms with Crippen LogP contribution in [0.3, 0.4) is 0 Å². The normalized spacial score (nSPS) is 10.6. The quantitative estimate of drug-likeness (QED) is 0.779. The van der Waals surface area contributed by atoms with Gasteiger partial charge in [0.2, 0.25) is 0 Å². The number of oxazole rings is 1. The molecule has 1 heterocycles. The van der Waals surface area contributed by atoms with Crippen LogP contribution in [0.2, 0.25) is 0 Å². The molecule has 72 valence electrons. The Hall–Kier alpha value is -1.84. The molecule has 1 aromatic heterocycles. The van der Waals surface area contributed by atoms with Crippen LogP contribution in [0.25, 0.3) is 11.1 Å². The maximum atomic E-state index is 11.0. The van der Waals surface area contributed by atoms with Gasteiger partial charge in [0.1, 0.15) is 5.52 Å². The molecule has 2 aromatic rings. The third-order valence-electron chi connectivity index (χ3n) is 2.03. The first kappa shape index (κ1) is 8.74. The first-order valence-corrected chi connectivity index (χ1v) is 4.40. The number of nitrogens with zero attached hydrogens (tertiary/aromatic N) is 1. The van der Waals surface area contributed by atoms with Gasteiger partial charge in [-0.15, -0.1) is 0 Å². The smallest absolute Gasteiger partial charge is 0.252 e. The number of primary amides is 1. The van der Waals surface area contributed by atoms with Gasteiger partial charge < -0.3 is 10.2 Å². The standard InChI is InChI=1S/C10H10N2O2/c1-2-8-12-7-5-3-4-6(10(11)13)9(7)14-8/h3-5H,2H2,1H3,(H2,11,13). The number of nitrogens with two attached hydrogens (primary N) is 1. The molecule has 0 aliphatic carbocycles. The molecule has 0 unspecified atom stereocenters. The van der Waals surface area contributed by atoms with Gasteiger partial charge in [-0.2, -0.15) is 0 Å². The van der Waals surface area contributed by atoms with Crippen molar-refractivity contribution in [1.29, 1.82) is 0 Å². The van der Waals surface area contributed by atoms with Crippen LogP contribution in [-0.2, 0) is 6.42 Å². The SMILES string of the molecule is CCc1nc2cccc(C(N)=O)c2o1. The number of hydrogen-bond acceptors (Lipinski definition) is 3. The lowest BCUT2D eigenvalue weighted by molar-refractivity contribution is 0.100. The molecule has 4 nitrogen and oxygen atoms in total. The predicted molar refractivity (Wildman–Crippen MR) is 51.9 cm³/mol. The van der Waals surface area contributed by atoms with Gasteiger partial charge in [0.15, 0.2) is 11.5 Å². The van der Waals surface area contributed by atoms with E-state index in [2.05, 4.69) is 4.98 Å². The summed E-state index contributed by atoms with van der Waals surface area (Å²) >= 11 is 0. The van der Waals surface area contributed by atoms with Crippen molar-refractivity contribution in [3.8, 4) is 0 Å². The monoisotopic (exact) mass is 190 g/mol. The Kier molecular flexibility index (Phi) is 1.96. The molecule has 14 heavy (non-hydrogen) atoms. The molecule has 0 saturated heterocycles. The molecule has 2 N–H and O–H groups in total. The van der Waals surface area contributed by atoms with Gasteiger partial charge in [0.25, 0.3) is 5.91 Å². The first-order chi connectivity index (χ1) is 6.72. The number of para-hydroxylation sites is 1. The maximum absolute atomic E-state index is 11.0. The largest absolute Gasteiger partial charge is 0.440 e. The number of amides is 1. The fourth-order valence-corrected chi connectivity index (χ4v) is 1.34. The zero-order valence-corrected chi connectivity index (χ0v) is 7.78. The van der Waals surface area contributed by atoms with Crippen LogP contribution in [0.15, 0.2) is 22.6 Å². The number of fused-ring (bicyclic) bond motifs is 1. The predicted octanol–water partition coefficient (Wildman–Crippen LogP) is 1.49. The molecular formula is C10H10N2O2. The van der Waals surface area contributed by atoms with E-state index in [0.29, 0.717) is 29.0 Å². The molecule has 0 aliphatic rings. The Morgan fingerprint density at radius 2 is 2.36 bits per heavy atom. The topological polar surface area (TPSA) is 69.1 Å². The van der Waals surface area contributed by atoms with Gasteiger partial charge >= 0.3 is 0 Å². The highest BCUT2D eigenvalue weighted by Gasteiger charge is 2.11. The van der Waals surface area contributed by atoms with E-state index in [9.17, 15) is 4.79 Å². The van der Waals surface area contributed by atoms with Crippen molar-refractivity contribution in [2.24, 2.45) is 5.73 Å². The number of carbonyl (C=O) groups is 1. The highest BCUT2D eigenvalue weighted by atomic mass is 16.3. The Morgan fingerprint density at radius 3 is 3.00 bits per heavy atom. The fourth-order valence-electron chi connectivity index (χ4n) is 1.34. The van der Waals surface area contributed by atoms with Crippen LogP contribution in [0.1, 0.15) is 23.2 Å². The summed E-state index contributed by atoms with van der Waals surface area (Å²) in [7, 11) is 0. The third-order valence-corrected chi connectivity index (χ3v) is 2.03. The molecular weight excluding hydrogens is 180 g/mol. The van der Waals surface area contributed by atoms with Crippen molar-refractivity contribution < 1.29 is 9.21 Å². The number of hydrogen-bond donors (Lipinski definition) is 1. The van der Waals surface area contributed by atoms with Gasteiger partial charge in [0.05, 0.1) is 5.56 Å². The number of benzene rings is 1. The van der Waals surface area contributed by atoms with Crippen LogP contribution in [0, 0.1) is 0 Å². The second kappa shape index (κ2) is 3.14.